The van der Waals surface area contributed by atoms with Gasteiger partial charge in [0, 0.05) is 50.3 Å². The summed E-state index contributed by atoms with van der Waals surface area (Å²) in [4.78, 5) is 2.20. The van der Waals surface area contributed by atoms with Crippen molar-refractivity contribution in [1.29, 1.82) is 0 Å². The van der Waals surface area contributed by atoms with Crippen molar-refractivity contribution in [2.24, 2.45) is 5.73 Å². The molecule has 0 aliphatic rings. The van der Waals surface area contributed by atoms with Gasteiger partial charge in [-0.05, 0) is 43.6 Å². The topological polar surface area (TPSA) is 50.5 Å². The van der Waals surface area contributed by atoms with Gasteiger partial charge in [-0.25, -0.2) is 0 Å². The molecule has 4 nitrogen and oxygen atoms in total. The first-order chi connectivity index (χ1) is 11.3. The van der Waals surface area contributed by atoms with Gasteiger partial charge in [-0.3, -0.25) is 0 Å². The zero-order valence-electron chi connectivity index (χ0n) is 13.8. The van der Waals surface area contributed by atoms with Gasteiger partial charge in [0.2, 0.25) is 0 Å². The first-order valence-corrected chi connectivity index (χ1v) is 9.33. The number of anilines is 1. The molecule has 0 aromatic heterocycles. The third-order valence-electron chi connectivity index (χ3n) is 3.47. The van der Waals surface area contributed by atoms with E-state index in [0.717, 1.165) is 52.2 Å². The van der Waals surface area contributed by atoms with Crippen LogP contribution in [0.25, 0.3) is 0 Å². The minimum absolute atomic E-state index is 0.605. The largest absolute Gasteiger partial charge is 0.381 e. The standard InChI is InChI=1S/C17H29Cl2N3O/c18-7-11-22(12-8-19)17-5-3-16(4-6-17)15-21-10-2-14-23-13-1-9-20/h3-6,21H,1-2,7-15,20H2. The average molecular weight is 362 g/mol. The fourth-order valence-electron chi connectivity index (χ4n) is 2.22. The van der Waals surface area contributed by atoms with Crippen molar-refractivity contribution < 1.29 is 4.74 Å². The maximum atomic E-state index is 5.84. The van der Waals surface area contributed by atoms with Gasteiger partial charge in [0.05, 0.1) is 0 Å². The van der Waals surface area contributed by atoms with Gasteiger partial charge in [-0.1, -0.05) is 12.1 Å². The number of alkyl halides is 2. The highest BCUT2D eigenvalue weighted by molar-refractivity contribution is 6.18. The molecule has 23 heavy (non-hydrogen) atoms. The van der Waals surface area contributed by atoms with Crippen LogP contribution in [0.1, 0.15) is 18.4 Å². The van der Waals surface area contributed by atoms with Crippen molar-refractivity contribution in [2.45, 2.75) is 19.4 Å². The summed E-state index contributed by atoms with van der Waals surface area (Å²) in [7, 11) is 0. The number of benzene rings is 1. The predicted molar refractivity (Wildman–Crippen MR) is 101 cm³/mol. The van der Waals surface area contributed by atoms with Crippen molar-refractivity contribution in [3.8, 4) is 0 Å². The first-order valence-electron chi connectivity index (χ1n) is 8.26. The minimum atomic E-state index is 0.605. The van der Waals surface area contributed by atoms with Crippen LogP contribution in [0.3, 0.4) is 0 Å². The van der Waals surface area contributed by atoms with Crippen LogP contribution in [-0.4, -0.2) is 51.2 Å². The Morgan fingerprint density at radius 2 is 1.65 bits per heavy atom. The van der Waals surface area contributed by atoms with Crippen LogP contribution in [0.4, 0.5) is 5.69 Å². The van der Waals surface area contributed by atoms with Crippen molar-refractivity contribution >= 4 is 28.9 Å². The molecular weight excluding hydrogens is 333 g/mol. The summed E-state index contributed by atoms with van der Waals surface area (Å²) in [6, 6.07) is 8.56. The van der Waals surface area contributed by atoms with E-state index in [1.54, 1.807) is 0 Å². The number of ether oxygens (including phenoxy) is 1. The molecule has 0 saturated carbocycles. The minimum Gasteiger partial charge on any atom is -0.381 e. The maximum Gasteiger partial charge on any atom is 0.0478 e. The lowest BCUT2D eigenvalue weighted by Crippen LogP contribution is -2.27. The molecule has 0 heterocycles. The molecule has 0 unspecified atom stereocenters. The summed E-state index contributed by atoms with van der Waals surface area (Å²) in [5.41, 5.74) is 7.85. The van der Waals surface area contributed by atoms with Crippen LogP contribution in [0.15, 0.2) is 24.3 Å². The molecule has 0 atom stereocenters. The Labute approximate surface area is 150 Å². The van der Waals surface area contributed by atoms with Crippen molar-refractivity contribution in [3.63, 3.8) is 0 Å². The highest BCUT2D eigenvalue weighted by Gasteiger charge is 2.05. The third-order valence-corrected chi connectivity index (χ3v) is 3.81. The van der Waals surface area contributed by atoms with Crippen molar-refractivity contribution in [1.82, 2.24) is 5.32 Å². The SMILES string of the molecule is NCCCOCCCNCc1ccc(N(CCCl)CCCl)cc1. The third kappa shape index (κ3) is 9.38. The zero-order chi connectivity index (χ0) is 16.8. The molecule has 0 aliphatic heterocycles. The quantitative estimate of drug-likeness (QED) is 0.395. The second-order valence-electron chi connectivity index (χ2n) is 5.32. The molecule has 0 amide bonds. The summed E-state index contributed by atoms with van der Waals surface area (Å²) in [6.07, 6.45) is 1.95. The van der Waals surface area contributed by atoms with Crippen LogP contribution >= 0.6 is 23.2 Å². The summed E-state index contributed by atoms with van der Waals surface area (Å²) in [5, 5.41) is 3.43. The van der Waals surface area contributed by atoms with Crippen LogP contribution in [-0.2, 0) is 11.3 Å². The molecule has 3 N–H and O–H groups in total. The predicted octanol–water partition coefficient (Wildman–Crippen LogP) is 2.82. The van der Waals surface area contributed by atoms with Gasteiger partial charge in [-0.15, -0.1) is 23.2 Å². The summed E-state index contributed by atoms with van der Waals surface area (Å²) in [6.45, 7) is 5.70. The molecule has 1 aromatic rings. The second kappa shape index (κ2) is 13.9. The summed E-state index contributed by atoms with van der Waals surface area (Å²) in [5.74, 6) is 1.21. The average Bonchev–Trinajstić information content (AvgIpc) is 2.58. The normalized spacial score (nSPS) is 10.9. The Balaban J connectivity index is 2.23. The van der Waals surface area contributed by atoms with E-state index in [2.05, 4.69) is 34.5 Å². The van der Waals surface area contributed by atoms with Gasteiger partial charge in [-0.2, -0.15) is 0 Å². The Morgan fingerprint density at radius 3 is 2.26 bits per heavy atom. The molecule has 0 fully saturated rings. The molecule has 1 aromatic carbocycles. The van der Waals surface area contributed by atoms with E-state index < -0.39 is 0 Å². The number of rotatable bonds is 14. The molecule has 1 rings (SSSR count). The fourth-order valence-corrected chi connectivity index (χ4v) is 2.63. The fraction of sp³-hybridized carbons (Fsp3) is 0.647. The van der Waals surface area contributed by atoms with Crippen molar-refractivity contribution in [3.05, 3.63) is 29.8 Å². The molecule has 0 radical (unpaired) electrons. The Kier molecular flexibility index (Phi) is 12.4. The number of hydrogen-bond acceptors (Lipinski definition) is 4. The number of nitrogens with zero attached hydrogens (tertiary/aromatic N) is 1. The van der Waals surface area contributed by atoms with E-state index in [0.29, 0.717) is 18.3 Å². The number of nitrogens with one attached hydrogen (secondary N) is 1. The Bertz CT molecular complexity index is 384. The second-order valence-corrected chi connectivity index (χ2v) is 6.07. The lowest BCUT2D eigenvalue weighted by atomic mass is 10.2. The van der Waals surface area contributed by atoms with E-state index in [9.17, 15) is 0 Å². The van der Waals surface area contributed by atoms with E-state index in [1.807, 2.05) is 0 Å². The highest BCUT2D eigenvalue weighted by atomic mass is 35.5. The van der Waals surface area contributed by atoms with Gasteiger partial charge >= 0.3 is 0 Å². The Morgan fingerprint density at radius 1 is 1.00 bits per heavy atom. The van der Waals surface area contributed by atoms with Gasteiger partial charge in [0.1, 0.15) is 0 Å². The number of nitrogens with two attached hydrogens (primary N) is 1. The number of hydrogen-bond donors (Lipinski definition) is 2. The smallest absolute Gasteiger partial charge is 0.0478 e. The Hall–Kier alpha value is -0.520. The van der Waals surface area contributed by atoms with Gasteiger partial charge < -0.3 is 20.7 Å². The van der Waals surface area contributed by atoms with E-state index in [4.69, 9.17) is 33.7 Å². The number of halogens is 2. The maximum absolute atomic E-state index is 5.84. The van der Waals surface area contributed by atoms with Crippen LogP contribution in [0.5, 0.6) is 0 Å². The monoisotopic (exact) mass is 361 g/mol. The highest BCUT2D eigenvalue weighted by Crippen LogP contribution is 2.15. The van der Waals surface area contributed by atoms with Crippen molar-refractivity contribution in [2.75, 3.05) is 56.1 Å². The lowest BCUT2D eigenvalue weighted by molar-refractivity contribution is 0.130. The molecule has 132 valence electrons. The van der Waals surface area contributed by atoms with Gasteiger partial charge in [0.25, 0.3) is 0 Å². The summed E-state index contributed by atoms with van der Waals surface area (Å²) < 4.78 is 5.47. The van der Waals surface area contributed by atoms with Gasteiger partial charge in [0.15, 0.2) is 0 Å². The van der Waals surface area contributed by atoms with Crippen LogP contribution in [0, 0.1) is 0 Å². The van der Waals surface area contributed by atoms with Crippen LogP contribution in [0.2, 0.25) is 0 Å². The summed E-state index contributed by atoms with van der Waals surface area (Å²) >= 11 is 11.7. The molecular formula is C17H29Cl2N3O. The molecule has 0 saturated heterocycles. The first kappa shape index (κ1) is 20.5. The molecule has 6 heteroatoms. The van der Waals surface area contributed by atoms with Crippen LogP contribution < -0.4 is 16.0 Å². The molecule has 0 spiro atoms. The molecule has 0 aliphatic carbocycles. The van der Waals surface area contributed by atoms with E-state index in [1.165, 1.54) is 11.3 Å². The van der Waals surface area contributed by atoms with E-state index in [-0.39, 0.29) is 0 Å². The lowest BCUT2D eigenvalue weighted by Gasteiger charge is -2.23. The molecule has 0 bridgehead atoms. The zero-order valence-corrected chi connectivity index (χ0v) is 15.3. The van der Waals surface area contributed by atoms with E-state index >= 15 is 0 Å².